The summed E-state index contributed by atoms with van der Waals surface area (Å²) in [5.74, 6) is 1.63. The Balaban J connectivity index is 1.55. The van der Waals surface area contributed by atoms with Crippen LogP contribution < -0.4 is 10.2 Å². The maximum atomic E-state index is 4.90. The first-order valence-electron chi connectivity index (χ1n) is 9.27. The van der Waals surface area contributed by atoms with Crippen LogP contribution in [0.4, 0.5) is 17.5 Å². The summed E-state index contributed by atoms with van der Waals surface area (Å²) in [5, 5.41) is 4.50. The predicted octanol–water partition coefficient (Wildman–Crippen LogP) is 4.94. The molecule has 0 radical (unpaired) electrons. The van der Waals surface area contributed by atoms with Crippen molar-refractivity contribution in [3.63, 3.8) is 0 Å². The summed E-state index contributed by atoms with van der Waals surface area (Å²) in [5.41, 5.74) is 4.77. The molecule has 0 saturated carbocycles. The average molecular weight is 352 g/mol. The van der Waals surface area contributed by atoms with Crippen molar-refractivity contribution >= 4 is 28.4 Å². The third-order valence-corrected chi connectivity index (χ3v) is 5.04. The van der Waals surface area contributed by atoms with E-state index < -0.39 is 0 Å². The minimum Gasteiger partial charge on any atom is -0.340 e. The molecule has 1 aliphatic heterocycles. The molecular weight excluding hydrogens is 332 g/mol. The largest absolute Gasteiger partial charge is 0.340 e. The molecule has 4 heteroatoms. The van der Waals surface area contributed by atoms with Crippen LogP contribution in [-0.4, -0.2) is 16.5 Å². The zero-order chi connectivity index (χ0) is 18.1. The lowest BCUT2D eigenvalue weighted by atomic mass is 10.0. The Labute approximate surface area is 158 Å². The van der Waals surface area contributed by atoms with E-state index in [9.17, 15) is 0 Å². The van der Waals surface area contributed by atoms with E-state index in [1.54, 1.807) is 0 Å². The monoisotopic (exact) mass is 352 g/mol. The number of aromatic nitrogens is 2. The molecule has 0 spiro atoms. The molecule has 1 N–H and O–H groups in total. The maximum Gasteiger partial charge on any atom is 0.228 e. The predicted molar refractivity (Wildman–Crippen MR) is 110 cm³/mol. The van der Waals surface area contributed by atoms with E-state index in [-0.39, 0.29) is 0 Å². The van der Waals surface area contributed by atoms with Gasteiger partial charge in [0.1, 0.15) is 5.82 Å². The van der Waals surface area contributed by atoms with Crippen molar-refractivity contribution in [1.82, 2.24) is 9.97 Å². The van der Waals surface area contributed by atoms with Crippen LogP contribution in [0, 0.1) is 0 Å². The molecule has 132 valence electrons. The fraction of sp³-hybridized carbons (Fsp3) is 0.130. The van der Waals surface area contributed by atoms with Crippen LogP contribution in [0.1, 0.15) is 11.1 Å². The topological polar surface area (TPSA) is 41.1 Å². The molecule has 0 fully saturated rings. The Kier molecular flexibility index (Phi) is 3.94. The van der Waals surface area contributed by atoms with E-state index in [2.05, 4.69) is 46.6 Å². The third-order valence-electron chi connectivity index (χ3n) is 5.04. The molecule has 5 rings (SSSR count). The number of anilines is 3. The van der Waals surface area contributed by atoms with Gasteiger partial charge in [-0.15, -0.1) is 0 Å². The molecule has 4 aromatic rings. The van der Waals surface area contributed by atoms with Crippen molar-refractivity contribution in [2.24, 2.45) is 0 Å². The molecule has 27 heavy (non-hydrogen) atoms. The van der Waals surface area contributed by atoms with E-state index in [1.165, 1.54) is 11.1 Å². The molecule has 0 saturated heterocycles. The molecule has 1 aromatic heterocycles. The van der Waals surface area contributed by atoms with E-state index in [1.807, 2.05) is 42.5 Å². The average Bonchev–Trinajstić information content (AvgIpc) is 2.74. The lowest BCUT2D eigenvalue weighted by Gasteiger charge is -2.29. The number of fused-ring (bicyclic) bond motifs is 2. The Bertz CT molecular complexity index is 1090. The van der Waals surface area contributed by atoms with Crippen LogP contribution in [0.2, 0.25) is 0 Å². The standard InChI is InChI=1S/C23H20N4/c1-2-10-19(11-3-1)24-22-20-12-6-7-13-21(20)25-23(26-22)27-15-14-17-8-4-5-9-18(17)16-27/h1-13H,14-16H2,(H,24,25,26). The van der Waals surface area contributed by atoms with Crippen molar-refractivity contribution in [1.29, 1.82) is 0 Å². The van der Waals surface area contributed by atoms with E-state index in [4.69, 9.17) is 9.97 Å². The molecule has 1 aliphatic rings. The van der Waals surface area contributed by atoms with Gasteiger partial charge in [-0.25, -0.2) is 4.98 Å². The number of nitrogens with one attached hydrogen (secondary N) is 1. The van der Waals surface area contributed by atoms with Crippen LogP contribution in [-0.2, 0) is 13.0 Å². The highest BCUT2D eigenvalue weighted by Crippen LogP contribution is 2.28. The van der Waals surface area contributed by atoms with Crippen molar-refractivity contribution < 1.29 is 0 Å². The molecular formula is C23H20N4. The number of para-hydroxylation sites is 2. The van der Waals surface area contributed by atoms with Crippen LogP contribution in [0.3, 0.4) is 0 Å². The van der Waals surface area contributed by atoms with E-state index in [0.29, 0.717) is 0 Å². The molecule has 2 heterocycles. The van der Waals surface area contributed by atoms with Crippen molar-refractivity contribution in [2.75, 3.05) is 16.8 Å². The van der Waals surface area contributed by atoms with Gasteiger partial charge in [-0.1, -0.05) is 54.6 Å². The summed E-state index contributed by atoms with van der Waals surface area (Å²) in [6, 6.07) is 27.0. The normalized spacial score (nSPS) is 13.4. The second-order valence-corrected chi connectivity index (χ2v) is 6.82. The van der Waals surface area contributed by atoms with Gasteiger partial charge in [-0.3, -0.25) is 0 Å². The van der Waals surface area contributed by atoms with Gasteiger partial charge >= 0.3 is 0 Å². The minimum atomic E-state index is 0.779. The van der Waals surface area contributed by atoms with Gasteiger partial charge in [0.2, 0.25) is 5.95 Å². The molecule has 0 amide bonds. The zero-order valence-electron chi connectivity index (χ0n) is 15.0. The summed E-state index contributed by atoms with van der Waals surface area (Å²) in [4.78, 5) is 12.0. The summed E-state index contributed by atoms with van der Waals surface area (Å²) in [7, 11) is 0. The van der Waals surface area contributed by atoms with Gasteiger partial charge in [0.15, 0.2) is 0 Å². The molecule has 4 nitrogen and oxygen atoms in total. The lowest BCUT2D eigenvalue weighted by Crippen LogP contribution is -2.31. The van der Waals surface area contributed by atoms with Crippen LogP contribution >= 0.6 is 0 Å². The first-order valence-corrected chi connectivity index (χ1v) is 9.27. The van der Waals surface area contributed by atoms with E-state index >= 15 is 0 Å². The second kappa shape index (κ2) is 6.72. The fourth-order valence-electron chi connectivity index (χ4n) is 3.63. The zero-order valence-corrected chi connectivity index (χ0v) is 15.0. The number of hydrogen-bond donors (Lipinski definition) is 1. The number of benzene rings is 3. The highest BCUT2D eigenvalue weighted by molar-refractivity contribution is 5.91. The molecule has 0 aliphatic carbocycles. The maximum absolute atomic E-state index is 4.90. The van der Waals surface area contributed by atoms with Crippen LogP contribution in [0.25, 0.3) is 10.9 Å². The van der Waals surface area contributed by atoms with E-state index in [0.717, 1.165) is 47.9 Å². The van der Waals surface area contributed by atoms with Crippen LogP contribution in [0.15, 0.2) is 78.9 Å². The summed E-state index contributed by atoms with van der Waals surface area (Å²) in [6.07, 6.45) is 1.02. The highest BCUT2D eigenvalue weighted by atomic mass is 15.3. The first kappa shape index (κ1) is 15.8. The quantitative estimate of drug-likeness (QED) is 0.567. The number of rotatable bonds is 3. The van der Waals surface area contributed by atoms with Gasteiger partial charge in [-0.2, -0.15) is 4.98 Å². The first-order chi connectivity index (χ1) is 13.4. The minimum absolute atomic E-state index is 0.779. The van der Waals surface area contributed by atoms with Gasteiger partial charge < -0.3 is 10.2 Å². The fourth-order valence-corrected chi connectivity index (χ4v) is 3.63. The summed E-state index contributed by atoms with van der Waals surface area (Å²) >= 11 is 0. The van der Waals surface area contributed by atoms with Crippen LogP contribution in [0.5, 0.6) is 0 Å². The third kappa shape index (κ3) is 3.10. The lowest BCUT2D eigenvalue weighted by molar-refractivity contribution is 0.710. The molecule has 0 unspecified atom stereocenters. The van der Waals surface area contributed by atoms with Crippen molar-refractivity contribution in [3.8, 4) is 0 Å². The Morgan fingerprint density at radius 2 is 1.48 bits per heavy atom. The SMILES string of the molecule is c1ccc(Nc2nc(N3CCc4ccccc4C3)nc3ccccc23)cc1. The van der Waals surface area contributed by atoms with Gasteiger partial charge in [0.05, 0.1) is 5.52 Å². The molecule has 0 bridgehead atoms. The van der Waals surface area contributed by atoms with Crippen molar-refractivity contribution in [3.05, 3.63) is 90.0 Å². The molecule has 3 aromatic carbocycles. The van der Waals surface area contributed by atoms with Gasteiger partial charge in [-0.05, 0) is 41.8 Å². The Morgan fingerprint density at radius 1 is 0.741 bits per heavy atom. The van der Waals surface area contributed by atoms with Gasteiger partial charge in [0.25, 0.3) is 0 Å². The van der Waals surface area contributed by atoms with Gasteiger partial charge in [0, 0.05) is 24.2 Å². The Hall–Kier alpha value is -3.40. The summed E-state index contributed by atoms with van der Waals surface area (Å²) in [6.45, 7) is 1.78. The second-order valence-electron chi connectivity index (χ2n) is 6.82. The Morgan fingerprint density at radius 3 is 2.37 bits per heavy atom. The number of hydrogen-bond acceptors (Lipinski definition) is 4. The van der Waals surface area contributed by atoms with Crippen molar-refractivity contribution in [2.45, 2.75) is 13.0 Å². The smallest absolute Gasteiger partial charge is 0.228 e. The number of nitrogens with zero attached hydrogens (tertiary/aromatic N) is 3. The summed E-state index contributed by atoms with van der Waals surface area (Å²) < 4.78 is 0. The molecule has 0 atom stereocenters. The highest BCUT2D eigenvalue weighted by Gasteiger charge is 2.19.